The minimum atomic E-state index is -0.781. The molecule has 6 nitrogen and oxygen atoms in total. The minimum absolute atomic E-state index is 0.0760. The van der Waals surface area contributed by atoms with Crippen LogP contribution in [0.1, 0.15) is 367 Å². The summed E-state index contributed by atoms with van der Waals surface area (Å²) in [5.41, 5.74) is 0. The van der Waals surface area contributed by atoms with Crippen LogP contribution in [-0.2, 0) is 28.6 Å². The van der Waals surface area contributed by atoms with Crippen molar-refractivity contribution >= 4 is 17.9 Å². The Morgan fingerprint density at radius 3 is 0.771 bits per heavy atom. The van der Waals surface area contributed by atoms with Gasteiger partial charge in [0.15, 0.2) is 6.10 Å². The van der Waals surface area contributed by atoms with Crippen LogP contribution in [0.5, 0.6) is 0 Å². The van der Waals surface area contributed by atoms with Gasteiger partial charge < -0.3 is 14.2 Å². The summed E-state index contributed by atoms with van der Waals surface area (Å²) >= 11 is 0. The topological polar surface area (TPSA) is 78.9 Å². The van der Waals surface area contributed by atoms with Gasteiger partial charge in [0.2, 0.25) is 0 Å². The average molecular weight is 1160 g/mol. The lowest BCUT2D eigenvalue weighted by atomic mass is 10.0. The Labute approximate surface area is 515 Å². The van der Waals surface area contributed by atoms with E-state index >= 15 is 0 Å². The summed E-state index contributed by atoms with van der Waals surface area (Å²) in [6.07, 6.45) is 94.6. The molecule has 1 atom stereocenters. The molecule has 0 amide bonds. The van der Waals surface area contributed by atoms with Gasteiger partial charge in [-0.05, 0) is 116 Å². The highest BCUT2D eigenvalue weighted by Gasteiger charge is 2.19. The molecular weight excluding hydrogens is 1020 g/mol. The first-order valence-electron chi connectivity index (χ1n) is 36.1. The summed E-state index contributed by atoms with van der Waals surface area (Å²) in [6.45, 7) is 6.55. The van der Waals surface area contributed by atoms with E-state index in [4.69, 9.17) is 14.2 Å². The lowest BCUT2D eigenvalue weighted by molar-refractivity contribution is -0.167. The maximum atomic E-state index is 13.0. The highest BCUT2D eigenvalue weighted by atomic mass is 16.6. The van der Waals surface area contributed by atoms with Crippen LogP contribution in [0.25, 0.3) is 0 Å². The van der Waals surface area contributed by atoms with Crippen LogP contribution < -0.4 is 0 Å². The van der Waals surface area contributed by atoms with Crippen LogP contribution in [0.3, 0.4) is 0 Å². The summed E-state index contributed by atoms with van der Waals surface area (Å²) in [5.74, 6) is -0.862. The molecule has 6 heteroatoms. The first-order valence-corrected chi connectivity index (χ1v) is 36.1. The number of esters is 3. The molecule has 480 valence electrons. The van der Waals surface area contributed by atoms with Gasteiger partial charge in [-0.15, -0.1) is 0 Å². The average Bonchev–Trinajstić information content (AvgIpc) is 3.50. The first-order chi connectivity index (χ1) is 41.0. The van der Waals surface area contributed by atoms with Crippen LogP contribution in [0, 0.1) is 0 Å². The van der Waals surface area contributed by atoms with Gasteiger partial charge in [0, 0.05) is 19.3 Å². The van der Waals surface area contributed by atoms with Crippen LogP contribution in [-0.4, -0.2) is 37.2 Å². The number of ether oxygens (including phenoxy) is 3. The van der Waals surface area contributed by atoms with Crippen LogP contribution in [0.15, 0.2) is 85.1 Å². The number of hydrogen-bond acceptors (Lipinski definition) is 6. The fraction of sp³-hybridized carbons (Fsp3) is 0.779. The summed E-state index contributed by atoms with van der Waals surface area (Å²) in [4.78, 5) is 38.5. The molecule has 0 aliphatic heterocycles. The lowest BCUT2D eigenvalue weighted by Crippen LogP contribution is -2.30. The second-order valence-corrected chi connectivity index (χ2v) is 24.1. The number of carbonyl (C=O) groups excluding carboxylic acids is 3. The van der Waals surface area contributed by atoms with Crippen LogP contribution >= 0.6 is 0 Å². The van der Waals surface area contributed by atoms with Gasteiger partial charge in [0.25, 0.3) is 0 Å². The van der Waals surface area contributed by atoms with Crippen molar-refractivity contribution < 1.29 is 28.6 Å². The Morgan fingerprint density at radius 2 is 0.470 bits per heavy atom. The molecule has 0 aliphatic rings. The van der Waals surface area contributed by atoms with Gasteiger partial charge in [0.1, 0.15) is 13.2 Å². The molecule has 0 saturated carbocycles. The van der Waals surface area contributed by atoms with Crippen molar-refractivity contribution in [2.24, 2.45) is 0 Å². The number of unbranched alkanes of at least 4 members (excludes halogenated alkanes) is 41. The number of hydrogen-bond donors (Lipinski definition) is 0. The Bertz CT molecular complexity index is 1570. The summed E-state index contributed by atoms with van der Waals surface area (Å²) in [6, 6.07) is 0. The maximum absolute atomic E-state index is 13.0. The number of rotatable bonds is 66. The van der Waals surface area contributed by atoms with Gasteiger partial charge in [-0.2, -0.15) is 0 Å². The van der Waals surface area contributed by atoms with Crippen LogP contribution in [0.4, 0.5) is 0 Å². The molecular formula is C77H136O6. The third-order valence-electron chi connectivity index (χ3n) is 15.9. The standard InChI is InChI=1S/C77H136O6/c1-4-7-10-13-16-19-22-25-28-31-34-35-36-37-38-39-40-41-44-46-49-52-55-58-61-64-67-70-76(79)82-73-74(83-77(80)71-68-65-62-59-56-53-50-47-43-33-30-27-24-21-18-15-12-9-6-3)72-81-75(78)69-66-63-60-57-54-51-48-45-42-32-29-26-23-20-17-14-11-8-5-2/h7,10,16,18-19,21,25-30,34-35,74H,4-6,8-9,11-15,17,20,22-24,31-33,36-73H2,1-3H3/b10-7-,19-16-,21-18-,28-25-,29-26-,30-27-,35-34-. The molecule has 0 fully saturated rings. The molecule has 0 N–H and O–H groups in total. The van der Waals surface area contributed by atoms with E-state index in [0.717, 1.165) is 89.9 Å². The highest BCUT2D eigenvalue weighted by molar-refractivity contribution is 5.71. The first kappa shape index (κ1) is 79.6. The van der Waals surface area contributed by atoms with Gasteiger partial charge >= 0.3 is 17.9 Å². The van der Waals surface area contributed by atoms with Crippen molar-refractivity contribution in [2.75, 3.05) is 13.2 Å². The molecule has 0 bridgehead atoms. The molecule has 0 radical (unpaired) electrons. The second kappa shape index (κ2) is 71.1. The van der Waals surface area contributed by atoms with E-state index in [2.05, 4.69) is 106 Å². The minimum Gasteiger partial charge on any atom is -0.462 e. The van der Waals surface area contributed by atoms with E-state index in [1.807, 2.05) is 0 Å². The molecule has 0 rings (SSSR count). The Hall–Kier alpha value is -3.41. The molecule has 0 saturated heterocycles. The van der Waals surface area contributed by atoms with Crippen molar-refractivity contribution in [2.45, 2.75) is 374 Å². The van der Waals surface area contributed by atoms with Crippen molar-refractivity contribution in [1.29, 1.82) is 0 Å². The largest absolute Gasteiger partial charge is 0.462 e. The second-order valence-electron chi connectivity index (χ2n) is 24.1. The van der Waals surface area contributed by atoms with Crippen molar-refractivity contribution in [3.05, 3.63) is 85.1 Å². The molecule has 0 aromatic heterocycles. The molecule has 0 aromatic rings. The maximum Gasteiger partial charge on any atom is 0.306 e. The Kier molecular flexibility index (Phi) is 68.2. The zero-order valence-corrected chi connectivity index (χ0v) is 55.2. The fourth-order valence-electron chi connectivity index (χ4n) is 10.5. The predicted octanol–water partition coefficient (Wildman–Crippen LogP) is 25.0. The van der Waals surface area contributed by atoms with E-state index in [0.29, 0.717) is 19.3 Å². The molecule has 1 unspecified atom stereocenters. The normalized spacial score (nSPS) is 12.6. The SMILES string of the molecule is CC/C=C\C/C=C\C/C=C\C/C=C\CCCCCCCCCCCCCCCCC(=O)OCC(COC(=O)CCCCCCCCCCC/C=C\CCCCCCCC)OC(=O)CCCCCCCCCCC/C=C\C/C=C\CCCCC. The van der Waals surface area contributed by atoms with E-state index in [-0.39, 0.29) is 31.1 Å². The third kappa shape index (κ3) is 69.3. The quantitative estimate of drug-likeness (QED) is 0.0261. The lowest BCUT2D eigenvalue weighted by Gasteiger charge is -2.18. The zero-order valence-electron chi connectivity index (χ0n) is 55.2. The summed E-state index contributed by atoms with van der Waals surface area (Å²) in [7, 11) is 0. The molecule has 0 heterocycles. The van der Waals surface area contributed by atoms with Crippen LogP contribution in [0.2, 0.25) is 0 Å². The number of carbonyl (C=O) groups is 3. The van der Waals surface area contributed by atoms with E-state index in [9.17, 15) is 14.4 Å². The fourth-order valence-corrected chi connectivity index (χ4v) is 10.5. The zero-order chi connectivity index (χ0) is 59.9. The van der Waals surface area contributed by atoms with Gasteiger partial charge in [-0.3, -0.25) is 14.4 Å². The van der Waals surface area contributed by atoms with Gasteiger partial charge in [-0.25, -0.2) is 0 Å². The van der Waals surface area contributed by atoms with E-state index in [1.165, 1.54) is 238 Å². The predicted molar refractivity (Wildman–Crippen MR) is 362 cm³/mol. The molecule has 83 heavy (non-hydrogen) atoms. The Balaban J connectivity index is 4.32. The van der Waals surface area contributed by atoms with Gasteiger partial charge in [0.05, 0.1) is 0 Å². The van der Waals surface area contributed by atoms with Gasteiger partial charge in [-0.1, -0.05) is 318 Å². The van der Waals surface area contributed by atoms with E-state index < -0.39 is 6.10 Å². The summed E-state index contributed by atoms with van der Waals surface area (Å²) < 4.78 is 17.0. The van der Waals surface area contributed by atoms with Crippen molar-refractivity contribution in [3.8, 4) is 0 Å². The monoisotopic (exact) mass is 1160 g/mol. The smallest absolute Gasteiger partial charge is 0.306 e. The van der Waals surface area contributed by atoms with Crippen molar-refractivity contribution in [3.63, 3.8) is 0 Å². The summed E-state index contributed by atoms with van der Waals surface area (Å²) in [5, 5.41) is 0. The number of allylic oxidation sites excluding steroid dienone is 14. The van der Waals surface area contributed by atoms with E-state index in [1.54, 1.807) is 0 Å². The van der Waals surface area contributed by atoms with Crippen molar-refractivity contribution in [1.82, 2.24) is 0 Å². The molecule has 0 aliphatic carbocycles. The molecule has 0 spiro atoms. The highest BCUT2D eigenvalue weighted by Crippen LogP contribution is 2.18. The molecule has 0 aromatic carbocycles. The third-order valence-corrected chi connectivity index (χ3v) is 15.9. The Morgan fingerprint density at radius 1 is 0.253 bits per heavy atom.